The topological polar surface area (TPSA) is 51.4 Å². The number of hydrogen-bond donors (Lipinski definition) is 1. The molecule has 4 nitrogen and oxygen atoms in total. The monoisotopic (exact) mass is 285 g/mol. The van der Waals surface area contributed by atoms with Gasteiger partial charge in [0.05, 0.1) is 12.8 Å². The number of nitrogens with two attached hydrogens (primary N) is 1. The van der Waals surface area contributed by atoms with Crippen LogP contribution in [0.3, 0.4) is 0 Å². The standard InChI is InChI=1S/C17H23N3O/c1-21-16-6-2-5-14-7-8-15(19-17(14)16)12-20-9-3-4-13(10-18)11-20/h2,5-8,13H,3-4,9-12,18H2,1H3. The summed E-state index contributed by atoms with van der Waals surface area (Å²) in [5.41, 5.74) is 7.86. The Morgan fingerprint density at radius 2 is 2.24 bits per heavy atom. The number of hydrogen-bond acceptors (Lipinski definition) is 4. The van der Waals surface area contributed by atoms with E-state index in [4.69, 9.17) is 15.5 Å². The van der Waals surface area contributed by atoms with Gasteiger partial charge >= 0.3 is 0 Å². The number of aromatic nitrogens is 1. The molecule has 0 radical (unpaired) electrons. The van der Waals surface area contributed by atoms with Crippen LogP contribution in [0.25, 0.3) is 10.9 Å². The number of fused-ring (bicyclic) bond motifs is 1. The van der Waals surface area contributed by atoms with E-state index in [1.54, 1.807) is 7.11 Å². The molecule has 0 bridgehead atoms. The Bertz CT molecular complexity index is 614. The summed E-state index contributed by atoms with van der Waals surface area (Å²) in [6.07, 6.45) is 2.49. The second-order valence-corrected chi connectivity index (χ2v) is 5.81. The fourth-order valence-corrected chi connectivity index (χ4v) is 3.13. The van der Waals surface area contributed by atoms with Gasteiger partial charge in [-0.15, -0.1) is 0 Å². The number of rotatable bonds is 4. The predicted octanol–water partition coefficient (Wildman–Crippen LogP) is 2.41. The van der Waals surface area contributed by atoms with Crippen LogP contribution in [0.4, 0.5) is 0 Å². The van der Waals surface area contributed by atoms with E-state index in [0.717, 1.165) is 48.5 Å². The van der Waals surface area contributed by atoms with Gasteiger partial charge < -0.3 is 10.5 Å². The Morgan fingerprint density at radius 3 is 3.05 bits per heavy atom. The van der Waals surface area contributed by atoms with Gasteiger partial charge in [-0.2, -0.15) is 0 Å². The van der Waals surface area contributed by atoms with Gasteiger partial charge in [-0.25, -0.2) is 4.98 Å². The zero-order chi connectivity index (χ0) is 14.7. The summed E-state index contributed by atoms with van der Waals surface area (Å²) in [7, 11) is 1.69. The smallest absolute Gasteiger partial charge is 0.145 e. The van der Waals surface area contributed by atoms with Crippen molar-refractivity contribution in [2.75, 3.05) is 26.7 Å². The Morgan fingerprint density at radius 1 is 1.33 bits per heavy atom. The van der Waals surface area contributed by atoms with Crippen LogP contribution < -0.4 is 10.5 Å². The second kappa shape index (κ2) is 6.41. The molecular formula is C17H23N3O. The first-order valence-corrected chi connectivity index (χ1v) is 7.65. The maximum Gasteiger partial charge on any atom is 0.145 e. The molecule has 1 aliphatic rings. The number of nitrogens with zero attached hydrogens (tertiary/aromatic N) is 2. The van der Waals surface area contributed by atoms with Gasteiger partial charge in [0.25, 0.3) is 0 Å². The fourth-order valence-electron chi connectivity index (χ4n) is 3.13. The van der Waals surface area contributed by atoms with Crippen LogP contribution in [-0.2, 0) is 6.54 Å². The minimum Gasteiger partial charge on any atom is -0.494 e. The number of methoxy groups -OCH3 is 1. The van der Waals surface area contributed by atoms with Gasteiger partial charge in [0, 0.05) is 18.5 Å². The normalized spacial score (nSPS) is 19.8. The molecule has 4 heteroatoms. The van der Waals surface area contributed by atoms with Gasteiger partial charge in [-0.05, 0) is 44.0 Å². The Kier molecular flexibility index (Phi) is 4.36. The van der Waals surface area contributed by atoms with Crippen LogP contribution in [0.15, 0.2) is 30.3 Å². The van der Waals surface area contributed by atoms with Crippen LogP contribution in [0.2, 0.25) is 0 Å². The molecule has 0 spiro atoms. The molecule has 0 aliphatic carbocycles. The van der Waals surface area contributed by atoms with Gasteiger partial charge in [0.2, 0.25) is 0 Å². The van der Waals surface area contributed by atoms with Gasteiger partial charge in [0.15, 0.2) is 0 Å². The number of para-hydroxylation sites is 1. The highest BCUT2D eigenvalue weighted by Gasteiger charge is 2.19. The molecule has 1 saturated heterocycles. The number of piperidine rings is 1. The molecule has 21 heavy (non-hydrogen) atoms. The molecule has 2 aromatic rings. The Hall–Kier alpha value is -1.65. The molecule has 1 aliphatic heterocycles. The van der Waals surface area contributed by atoms with E-state index in [-0.39, 0.29) is 0 Å². The van der Waals surface area contributed by atoms with Crippen molar-refractivity contribution < 1.29 is 4.74 Å². The van der Waals surface area contributed by atoms with E-state index in [1.807, 2.05) is 12.1 Å². The van der Waals surface area contributed by atoms with Crippen molar-refractivity contribution in [2.24, 2.45) is 11.7 Å². The van der Waals surface area contributed by atoms with E-state index in [2.05, 4.69) is 23.1 Å². The van der Waals surface area contributed by atoms with Gasteiger partial charge in [-0.1, -0.05) is 18.2 Å². The zero-order valence-corrected chi connectivity index (χ0v) is 12.6. The molecule has 112 valence electrons. The molecule has 0 saturated carbocycles. The lowest BCUT2D eigenvalue weighted by molar-refractivity contribution is 0.169. The SMILES string of the molecule is COc1cccc2ccc(CN3CCCC(CN)C3)nc12. The molecule has 1 atom stereocenters. The second-order valence-electron chi connectivity index (χ2n) is 5.81. The molecule has 1 aromatic heterocycles. The van der Waals surface area contributed by atoms with Crippen molar-refractivity contribution in [3.8, 4) is 5.75 Å². The minimum absolute atomic E-state index is 0.633. The minimum atomic E-state index is 0.633. The van der Waals surface area contributed by atoms with Crippen LogP contribution in [0.5, 0.6) is 5.75 Å². The van der Waals surface area contributed by atoms with Crippen molar-refractivity contribution in [3.63, 3.8) is 0 Å². The molecule has 0 amide bonds. The van der Waals surface area contributed by atoms with E-state index < -0.39 is 0 Å². The molecule has 2 heterocycles. The summed E-state index contributed by atoms with van der Waals surface area (Å²) in [6, 6.07) is 10.3. The Labute approximate surface area is 125 Å². The third-order valence-electron chi connectivity index (χ3n) is 4.28. The highest BCUT2D eigenvalue weighted by molar-refractivity contribution is 5.84. The van der Waals surface area contributed by atoms with Crippen molar-refractivity contribution in [3.05, 3.63) is 36.0 Å². The summed E-state index contributed by atoms with van der Waals surface area (Å²) in [5.74, 6) is 1.47. The largest absolute Gasteiger partial charge is 0.494 e. The Balaban J connectivity index is 1.81. The lowest BCUT2D eigenvalue weighted by Crippen LogP contribution is -2.38. The van der Waals surface area contributed by atoms with Crippen LogP contribution in [-0.4, -0.2) is 36.6 Å². The van der Waals surface area contributed by atoms with Crippen molar-refractivity contribution in [1.82, 2.24) is 9.88 Å². The maximum absolute atomic E-state index is 5.81. The van der Waals surface area contributed by atoms with Crippen LogP contribution in [0, 0.1) is 5.92 Å². The quantitative estimate of drug-likeness (QED) is 0.937. The van der Waals surface area contributed by atoms with Crippen molar-refractivity contribution >= 4 is 10.9 Å². The molecule has 2 N–H and O–H groups in total. The first-order valence-electron chi connectivity index (χ1n) is 7.65. The number of benzene rings is 1. The zero-order valence-electron chi connectivity index (χ0n) is 12.6. The molecule has 1 unspecified atom stereocenters. The molecule has 1 fully saturated rings. The highest BCUT2D eigenvalue weighted by Crippen LogP contribution is 2.24. The van der Waals surface area contributed by atoms with E-state index in [1.165, 1.54) is 12.8 Å². The third-order valence-corrected chi connectivity index (χ3v) is 4.28. The lowest BCUT2D eigenvalue weighted by Gasteiger charge is -2.31. The number of pyridine rings is 1. The predicted molar refractivity (Wildman–Crippen MR) is 85.4 cm³/mol. The lowest BCUT2D eigenvalue weighted by atomic mass is 9.98. The van der Waals surface area contributed by atoms with E-state index in [9.17, 15) is 0 Å². The molecule has 1 aromatic carbocycles. The van der Waals surface area contributed by atoms with Crippen LogP contribution >= 0.6 is 0 Å². The number of likely N-dealkylation sites (tertiary alicyclic amines) is 1. The summed E-state index contributed by atoms with van der Waals surface area (Å²) >= 11 is 0. The van der Waals surface area contributed by atoms with Crippen molar-refractivity contribution in [1.29, 1.82) is 0 Å². The van der Waals surface area contributed by atoms with E-state index >= 15 is 0 Å². The summed E-state index contributed by atoms with van der Waals surface area (Å²) in [6.45, 7) is 3.91. The summed E-state index contributed by atoms with van der Waals surface area (Å²) in [4.78, 5) is 7.26. The van der Waals surface area contributed by atoms with Gasteiger partial charge in [-0.3, -0.25) is 4.90 Å². The van der Waals surface area contributed by atoms with Crippen molar-refractivity contribution in [2.45, 2.75) is 19.4 Å². The first kappa shape index (κ1) is 14.3. The molecular weight excluding hydrogens is 262 g/mol. The summed E-state index contributed by atoms with van der Waals surface area (Å²) < 4.78 is 5.41. The average molecular weight is 285 g/mol. The number of ether oxygens (including phenoxy) is 1. The third kappa shape index (κ3) is 3.17. The average Bonchev–Trinajstić information content (AvgIpc) is 2.54. The highest BCUT2D eigenvalue weighted by atomic mass is 16.5. The van der Waals surface area contributed by atoms with E-state index in [0.29, 0.717) is 5.92 Å². The molecule has 3 rings (SSSR count). The van der Waals surface area contributed by atoms with Gasteiger partial charge in [0.1, 0.15) is 11.3 Å². The summed E-state index contributed by atoms with van der Waals surface area (Å²) in [5, 5.41) is 1.12. The maximum atomic E-state index is 5.81. The van der Waals surface area contributed by atoms with Crippen LogP contribution in [0.1, 0.15) is 18.5 Å². The fraction of sp³-hybridized carbons (Fsp3) is 0.471. The first-order chi connectivity index (χ1) is 10.3.